The average Bonchev–Trinajstić information content (AvgIpc) is 2.54. The largest absolute Gasteiger partial charge is 0.494 e. The predicted molar refractivity (Wildman–Crippen MR) is 94.0 cm³/mol. The van der Waals surface area contributed by atoms with Gasteiger partial charge in [-0.3, -0.25) is 4.79 Å². The number of carbonyl (C=O) groups is 1. The topological polar surface area (TPSA) is 38.3 Å². The van der Waals surface area contributed by atoms with Gasteiger partial charge in [0, 0.05) is 5.56 Å². The van der Waals surface area contributed by atoms with Crippen molar-refractivity contribution in [3.63, 3.8) is 0 Å². The van der Waals surface area contributed by atoms with Crippen LogP contribution in [-0.4, -0.2) is 13.0 Å². The van der Waals surface area contributed by atoms with Crippen molar-refractivity contribution in [2.45, 2.75) is 39.2 Å². The van der Waals surface area contributed by atoms with Crippen molar-refractivity contribution in [1.29, 1.82) is 0 Å². The van der Waals surface area contributed by atoms with Crippen molar-refractivity contribution < 1.29 is 13.9 Å². The van der Waals surface area contributed by atoms with Crippen LogP contribution in [0.3, 0.4) is 0 Å². The quantitative estimate of drug-likeness (QED) is 0.888. The lowest BCUT2D eigenvalue weighted by Crippen LogP contribution is -2.26. The fraction of sp³-hybridized carbons (Fsp3) is 0.350. The number of halogens is 1. The summed E-state index contributed by atoms with van der Waals surface area (Å²) < 4.78 is 18.6. The van der Waals surface area contributed by atoms with Crippen molar-refractivity contribution in [1.82, 2.24) is 5.32 Å². The molecule has 0 aliphatic heterocycles. The normalized spacial score (nSPS) is 12.6. The molecule has 0 saturated heterocycles. The summed E-state index contributed by atoms with van der Waals surface area (Å²) in [5.74, 6) is -0.742. The number of amides is 1. The molecule has 0 aromatic heterocycles. The summed E-state index contributed by atoms with van der Waals surface area (Å²) in [4.78, 5) is 12.3. The molecule has 1 atom stereocenters. The molecular formula is C20H24FNO2. The Labute approximate surface area is 142 Å². The molecule has 2 aromatic rings. The highest BCUT2D eigenvalue weighted by Gasteiger charge is 2.16. The number of benzene rings is 2. The molecule has 0 spiro atoms. The van der Waals surface area contributed by atoms with Crippen LogP contribution >= 0.6 is 0 Å². The van der Waals surface area contributed by atoms with E-state index in [0.717, 1.165) is 5.56 Å². The third kappa shape index (κ3) is 4.13. The molecule has 0 radical (unpaired) electrons. The van der Waals surface area contributed by atoms with E-state index in [2.05, 4.69) is 38.2 Å². The minimum absolute atomic E-state index is 0.0889. The first kappa shape index (κ1) is 18.0. The number of ether oxygens (including phenoxy) is 1. The van der Waals surface area contributed by atoms with Crippen molar-refractivity contribution >= 4 is 5.91 Å². The second-order valence-electron chi connectivity index (χ2n) is 6.92. The minimum Gasteiger partial charge on any atom is -0.494 e. The van der Waals surface area contributed by atoms with Crippen LogP contribution in [0.5, 0.6) is 5.75 Å². The van der Waals surface area contributed by atoms with Crippen LogP contribution in [0.2, 0.25) is 0 Å². The second kappa shape index (κ2) is 7.04. The second-order valence-corrected chi connectivity index (χ2v) is 6.92. The van der Waals surface area contributed by atoms with Gasteiger partial charge in [0.1, 0.15) is 0 Å². The van der Waals surface area contributed by atoms with E-state index in [1.54, 1.807) is 6.07 Å². The molecule has 24 heavy (non-hydrogen) atoms. The molecule has 3 nitrogen and oxygen atoms in total. The lowest BCUT2D eigenvalue weighted by Gasteiger charge is -2.20. The van der Waals surface area contributed by atoms with Gasteiger partial charge in [-0.05, 0) is 41.7 Å². The van der Waals surface area contributed by atoms with E-state index < -0.39 is 5.82 Å². The fourth-order valence-electron chi connectivity index (χ4n) is 2.44. The molecule has 0 bridgehead atoms. The highest BCUT2D eigenvalue weighted by molar-refractivity contribution is 5.94. The summed E-state index contributed by atoms with van der Waals surface area (Å²) in [7, 11) is 1.39. The molecular weight excluding hydrogens is 305 g/mol. The molecule has 128 valence electrons. The van der Waals surface area contributed by atoms with Crippen molar-refractivity contribution in [2.75, 3.05) is 7.11 Å². The SMILES string of the molecule is COc1ccc(C(=O)N[C@H](C)c2ccc(C(C)(C)C)cc2)cc1F. The summed E-state index contributed by atoms with van der Waals surface area (Å²) in [6.07, 6.45) is 0. The van der Waals surface area contributed by atoms with Gasteiger partial charge in [-0.1, -0.05) is 45.0 Å². The van der Waals surface area contributed by atoms with E-state index in [1.807, 2.05) is 19.1 Å². The van der Waals surface area contributed by atoms with E-state index in [9.17, 15) is 9.18 Å². The zero-order valence-corrected chi connectivity index (χ0v) is 14.8. The van der Waals surface area contributed by atoms with E-state index in [4.69, 9.17) is 4.74 Å². The van der Waals surface area contributed by atoms with Gasteiger partial charge < -0.3 is 10.1 Å². The van der Waals surface area contributed by atoms with Crippen LogP contribution < -0.4 is 10.1 Å². The molecule has 0 saturated carbocycles. The zero-order valence-electron chi connectivity index (χ0n) is 14.8. The van der Waals surface area contributed by atoms with Crippen LogP contribution in [0, 0.1) is 5.82 Å². The Kier molecular flexibility index (Phi) is 5.27. The summed E-state index contributed by atoms with van der Waals surface area (Å²) in [5, 5.41) is 2.89. The number of carbonyl (C=O) groups excluding carboxylic acids is 1. The molecule has 0 aliphatic rings. The lowest BCUT2D eigenvalue weighted by molar-refractivity contribution is 0.0939. The molecule has 2 rings (SSSR count). The van der Waals surface area contributed by atoms with Gasteiger partial charge in [-0.2, -0.15) is 0 Å². The van der Waals surface area contributed by atoms with Gasteiger partial charge in [0.25, 0.3) is 5.91 Å². The highest BCUT2D eigenvalue weighted by Crippen LogP contribution is 2.24. The summed E-state index contributed by atoms with van der Waals surface area (Å²) in [6, 6.07) is 12.2. The molecule has 0 fully saturated rings. The maximum Gasteiger partial charge on any atom is 0.251 e. The lowest BCUT2D eigenvalue weighted by atomic mass is 9.86. The van der Waals surface area contributed by atoms with E-state index >= 15 is 0 Å². The van der Waals surface area contributed by atoms with Crippen LogP contribution in [0.15, 0.2) is 42.5 Å². The van der Waals surface area contributed by atoms with Gasteiger partial charge in [0.15, 0.2) is 11.6 Å². The monoisotopic (exact) mass is 329 g/mol. The molecule has 1 amide bonds. The van der Waals surface area contributed by atoms with Crippen LogP contribution in [0.1, 0.15) is 55.2 Å². The molecule has 0 unspecified atom stereocenters. The predicted octanol–water partition coefficient (Wildman–Crippen LogP) is 4.62. The average molecular weight is 329 g/mol. The van der Waals surface area contributed by atoms with Crippen molar-refractivity contribution in [3.05, 3.63) is 65.0 Å². The standard InChI is InChI=1S/C20H24FNO2/c1-13(14-6-9-16(10-7-14)20(2,3)4)22-19(23)15-8-11-18(24-5)17(21)12-15/h6-13H,1-5H3,(H,22,23)/t13-/m1/s1. The van der Waals surface area contributed by atoms with Gasteiger partial charge >= 0.3 is 0 Å². The first-order valence-electron chi connectivity index (χ1n) is 7.97. The molecule has 4 heteroatoms. The molecule has 0 aliphatic carbocycles. The third-order valence-electron chi connectivity index (χ3n) is 4.04. The van der Waals surface area contributed by atoms with Gasteiger partial charge in [-0.25, -0.2) is 4.39 Å². The number of hydrogen-bond donors (Lipinski definition) is 1. The van der Waals surface area contributed by atoms with Gasteiger partial charge in [-0.15, -0.1) is 0 Å². The highest BCUT2D eigenvalue weighted by atomic mass is 19.1. The maximum absolute atomic E-state index is 13.7. The minimum atomic E-state index is -0.549. The molecule has 2 aromatic carbocycles. The summed E-state index contributed by atoms with van der Waals surface area (Å²) >= 11 is 0. The fourth-order valence-corrected chi connectivity index (χ4v) is 2.44. The van der Waals surface area contributed by atoms with Crippen molar-refractivity contribution in [3.8, 4) is 5.75 Å². The number of hydrogen-bond acceptors (Lipinski definition) is 2. The molecule has 0 heterocycles. The van der Waals surface area contributed by atoms with E-state index in [1.165, 1.54) is 24.8 Å². The Balaban J connectivity index is 2.10. The summed E-state index contributed by atoms with van der Waals surface area (Å²) in [6.45, 7) is 8.38. The van der Waals surface area contributed by atoms with Crippen LogP contribution in [0.25, 0.3) is 0 Å². The Hall–Kier alpha value is -2.36. The van der Waals surface area contributed by atoms with Crippen LogP contribution in [0.4, 0.5) is 4.39 Å². The Morgan fingerprint density at radius 1 is 1.12 bits per heavy atom. The van der Waals surface area contributed by atoms with Crippen molar-refractivity contribution in [2.24, 2.45) is 0 Å². The maximum atomic E-state index is 13.7. The zero-order chi connectivity index (χ0) is 17.9. The number of methoxy groups -OCH3 is 1. The van der Waals surface area contributed by atoms with E-state index in [-0.39, 0.29) is 28.7 Å². The molecule has 1 N–H and O–H groups in total. The Morgan fingerprint density at radius 3 is 2.25 bits per heavy atom. The number of nitrogens with one attached hydrogen (secondary N) is 1. The first-order valence-corrected chi connectivity index (χ1v) is 7.97. The summed E-state index contributed by atoms with van der Waals surface area (Å²) in [5.41, 5.74) is 2.60. The van der Waals surface area contributed by atoms with Gasteiger partial charge in [0.2, 0.25) is 0 Å². The first-order chi connectivity index (χ1) is 11.2. The van der Waals surface area contributed by atoms with E-state index in [0.29, 0.717) is 0 Å². The van der Waals surface area contributed by atoms with Gasteiger partial charge in [0.05, 0.1) is 13.2 Å². The Morgan fingerprint density at radius 2 is 1.75 bits per heavy atom. The Bertz CT molecular complexity index is 717. The third-order valence-corrected chi connectivity index (χ3v) is 4.04. The smallest absolute Gasteiger partial charge is 0.251 e. The number of rotatable bonds is 4. The van der Waals surface area contributed by atoms with Crippen LogP contribution in [-0.2, 0) is 5.41 Å².